The molecule has 2 heteroatoms. The van der Waals surface area contributed by atoms with Crippen molar-refractivity contribution in [3.8, 4) is 0 Å². The minimum absolute atomic E-state index is 0.300. The van der Waals surface area contributed by atoms with Gasteiger partial charge in [-0.25, -0.2) is 0 Å². The van der Waals surface area contributed by atoms with Crippen LogP contribution < -0.4 is 0 Å². The highest BCUT2D eigenvalue weighted by atomic mass is 16.4. The Morgan fingerprint density at radius 3 is 2.58 bits per heavy atom. The van der Waals surface area contributed by atoms with Crippen LogP contribution in [0, 0.1) is 23.2 Å². The Balaban J connectivity index is 2.29. The summed E-state index contributed by atoms with van der Waals surface area (Å²) >= 11 is 0. The summed E-state index contributed by atoms with van der Waals surface area (Å²) in [5.74, 6) is 2.18. The molecule has 3 unspecified atom stereocenters. The van der Waals surface area contributed by atoms with Crippen molar-refractivity contribution in [1.29, 1.82) is 0 Å². The van der Waals surface area contributed by atoms with E-state index in [0.29, 0.717) is 11.3 Å². The average molecular weight is 167 g/mol. The van der Waals surface area contributed by atoms with Gasteiger partial charge >= 0.3 is 0 Å². The highest BCUT2D eigenvalue weighted by molar-refractivity contribution is 5.95. The number of hydrogen-bond acceptors (Lipinski definition) is 2. The van der Waals surface area contributed by atoms with Gasteiger partial charge in [0.05, 0.1) is 5.71 Å². The van der Waals surface area contributed by atoms with Crippen molar-refractivity contribution in [3.63, 3.8) is 0 Å². The van der Waals surface area contributed by atoms with E-state index in [1.165, 1.54) is 6.42 Å². The maximum absolute atomic E-state index is 8.88. The van der Waals surface area contributed by atoms with E-state index in [0.717, 1.165) is 24.0 Å². The maximum Gasteiger partial charge on any atom is 0.0640 e. The molecule has 2 aliphatic rings. The van der Waals surface area contributed by atoms with Gasteiger partial charge in [0.15, 0.2) is 0 Å². The molecular formula is C10H17NO. The SMILES string of the molecule is CC1C/C(=N\O)C2(C(C)C)CC12. The van der Waals surface area contributed by atoms with Crippen LogP contribution >= 0.6 is 0 Å². The zero-order valence-electron chi connectivity index (χ0n) is 8.04. The topological polar surface area (TPSA) is 32.6 Å². The van der Waals surface area contributed by atoms with E-state index in [1.54, 1.807) is 0 Å². The molecule has 68 valence electrons. The molecule has 0 heterocycles. The first-order chi connectivity index (χ1) is 5.63. The van der Waals surface area contributed by atoms with Crippen LogP contribution in [-0.4, -0.2) is 10.9 Å². The minimum atomic E-state index is 0.300. The Morgan fingerprint density at radius 2 is 2.25 bits per heavy atom. The number of fused-ring (bicyclic) bond motifs is 1. The van der Waals surface area contributed by atoms with E-state index in [2.05, 4.69) is 25.9 Å². The Morgan fingerprint density at radius 1 is 1.58 bits per heavy atom. The van der Waals surface area contributed by atoms with E-state index in [9.17, 15) is 0 Å². The number of rotatable bonds is 1. The van der Waals surface area contributed by atoms with Crippen molar-refractivity contribution in [2.75, 3.05) is 0 Å². The van der Waals surface area contributed by atoms with Crippen LogP contribution in [0.1, 0.15) is 33.6 Å². The van der Waals surface area contributed by atoms with Gasteiger partial charge in [0.25, 0.3) is 0 Å². The van der Waals surface area contributed by atoms with Crippen LogP contribution in [0.25, 0.3) is 0 Å². The molecule has 0 aliphatic heterocycles. The van der Waals surface area contributed by atoms with Gasteiger partial charge in [-0.2, -0.15) is 0 Å². The van der Waals surface area contributed by atoms with Crippen LogP contribution in [0.3, 0.4) is 0 Å². The van der Waals surface area contributed by atoms with Crippen LogP contribution in [0.15, 0.2) is 5.16 Å². The normalized spacial score (nSPS) is 48.5. The molecule has 1 N–H and O–H groups in total. The van der Waals surface area contributed by atoms with E-state index in [-0.39, 0.29) is 0 Å². The van der Waals surface area contributed by atoms with Gasteiger partial charge in [-0.15, -0.1) is 0 Å². The van der Waals surface area contributed by atoms with Crippen molar-refractivity contribution in [3.05, 3.63) is 0 Å². The lowest BCUT2D eigenvalue weighted by molar-refractivity contribution is 0.308. The molecule has 0 saturated heterocycles. The van der Waals surface area contributed by atoms with Crippen LogP contribution in [0.5, 0.6) is 0 Å². The summed E-state index contributed by atoms with van der Waals surface area (Å²) in [7, 11) is 0. The third-order valence-corrected chi connectivity index (χ3v) is 3.95. The zero-order valence-corrected chi connectivity index (χ0v) is 8.04. The molecule has 2 aliphatic carbocycles. The van der Waals surface area contributed by atoms with Crippen LogP contribution in [-0.2, 0) is 0 Å². The van der Waals surface area contributed by atoms with E-state index < -0.39 is 0 Å². The van der Waals surface area contributed by atoms with Crippen molar-refractivity contribution < 1.29 is 5.21 Å². The summed E-state index contributed by atoms with van der Waals surface area (Å²) in [5, 5.41) is 12.4. The predicted octanol–water partition coefficient (Wildman–Crippen LogP) is 2.52. The lowest BCUT2D eigenvalue weighted by atomic mass is 9.88. The minimum Gasteiger partial charge on any atom is -0.411 e. The standard InChI is InChI=1S/C10H17NO/c1-6(2)10-5-8(10)7(3)4-9(10)11-12/h6-8,12H,4-5H2,1-3H3/b11-9+. The van der Waals surface area contributed by atoms with E-state index in [4.69, 9.17) is 5.21 Å². The summed E-state index contributed by atoms with van der Waals surface area (Å²) in [5.41, 5.74) is 1.36. The van der Waals surface area contributed by atoms with Crippen molar-refractivity contribution >= 4 is 5.71 Å². The molecule has 0 bridgehead atoms. The smallest absolute Gasteiger partial charge is 0.0640 e. The quantitative estimate of drug-likeness (QED) is 0.472. The van der Waals surface area contributed by atoms with Gasteiger partial charge in [-0.05, 0) is 30.6 Å². The highest BCUT2D eigenvalue weighted by Gasteiger charge is 2.65. The Hall–Kier alpha value is -0.530. The van der Waals surface area contributed by atoms with Crippen molar-refractivity contribution in [1.82, 2.24) is 0 Å². The van der Waals surface area contributed by atoms with Gasteiger partial charge < -0.3 is 5.21 Å². The summed E-state index contributed by atoms with van der Waals surface area (Å²) in [6.07, 6.45) is 2.27. The van der Waals surface area contributed by atoms with Crippen LogP contribution in [0.2, 0.25) is 0 Å². The van der Waals surface area contributed by atoms with Gasteiger partial charge in [-0.3, -0.25) is 0 Å². The fraction of sp³-hybridized carbons (Fsp3) is 0.900. The largest absolute Gasteiger partial charge is 0.411 e. The summed E-state index contributed by atoms with van der Waals surface area (Å²) in [4.78, 5) is 0. The second-order valence-electron chi connectivity index (χ2n) is 4.73. The van der Waals surface area contributed by atoms with Gasteiger partial charge in [0, 0.05) is 5.41 Å². The second-order valence-corrected chi connectivity index (χ2v) is 4.73. The zero-order chi connectivity index (χ0) is 8.93. The van der Waals surface area contributed by atoms with Gasteiger partial charge in [0.1, 0.15) is 0 Å². The Kier molecular flexibility index (Phi) is 1.51. The molecule has 2 fully saturated rings. The number of nitrogens with zero attached hydrogens (tertiary/aromatic N) is 1. The van der Waals surface area contributed by atoms with E-state index >= 15 is 0 Å². The molecule has 0 aromatic carbocycles. The molecule has 2 nitrogen and oxygen atoms in total. The van der Waals surface area contributed by atoms with E-state index in [1.807, 2.05) is 0 Å². The molecule has 3 atom stereocenters. The summed E-state index contributed by atoms with van der Waals surface area (Å²) in [6, 6.07) is 0. The summed E-state index contributed by atoms with van der Waals surface area (Å²) < 4.78 is 0. The average Bonchev–Trinajstić information content (AvgIpc) is 2.70. The maximum atomic E-state index is 8.88. The van der Waals surface area contributed by atoms with Gasteiger partial charge in [-0.1, -0.05) is 25.9 Å². The fourth-order valence-electron chi connectivity index (χ4n) is 3.11. The Labute approximate surface area is 73.7 Å². The molecular weight excluding hydrogens is 150 g/mol. The first kappa shape index (κ1) is 8.09. The molecule has 2 saturated carbocycles. The van der Waals surface area contributed by atoms with Crippen molar-refractivity contribution in [2.45, 2.75) is 33.6 Å². The van der Waals surface area contributed by atoms with Gasteiger partial charge in [0.2, 0.25) is 0 Å². The monoisotopic (exact) mass is 167 g/mol. The molecule has 0 aromatic heterocycles. The third-order valence-electron chi connectivity index (χ3n) is 3.95. The molecule has 12 heavy (non-hydrogen) atoms. The predicted molar refractivity (Wildman–Crippen MR) is 48.4 cm³/mol. The molecule has 0 spiro atoms. The fourth-order valence-corrected chi connectivity index (χ4v) is 3.11. The lowest BCUT2D eigenvalue weighted by Gasteiger charge is -2.16. The summed E-state index contributed by atoms with van der Waals surface area (Å²) in [6.45, 7) is 6.75. The molecule has 2 rings (SSSR count). The number of hydrogen-bond donors (Lipinski definition) is 1. The van der Waals surface area contributed by atoms with Crippen LogP contribution in [0.4, 0.5) is 0 Å². The Bertz CT molecular complexity index is 234. The van der Waals surface area contributed by atoms with Crippen molar-refractivity contribution in [2.24, 2.45) is 28.3 Å². The second kappa shape index (κ2) is 2.24. The highest BCUT2D eigenvalue weighted by Crippen LogP contribution is 2.67. The lowest BCUT2D eigenvalue weighted by Crippen LogP contribution is -2.19. The molecule has 0 amide bonds. The molecule has 0 aromatic rings. The first-order valence-electron chi connectivity index (χ1n) is 4.84. The third kappa shape index (κ3) is 0.732. The first-order valence-corrected chi connectivity index (χ1v) is 4.84. The number of oxime groups is 1. The molecule has 0 radical (unpaired) electrons.